The van der Waals surface area contributed by atoms with Crippen molar-refractivity contribution in [3.05, 3.63) is 11.3 Å². The van der Waals surface area contributed by atoms with E-state index in [-0.39, 0.29) is 0 Å². The van der Waals surface area contributed by atoms with Gasteiger partial charge >= 0.3 is 0 Å². The Morgan fingerprint density at radius 3 is 2.56 bits per heavy atom. The number of rotatable bonds is 0. The van der Waals surface area contributed by atoms with Gasteiger partial charge in [-0.1, -0.05) is 12.8 Å². The quantitative estimate of drug-likeness (QED) is 0.610. The van der Waals surface area contributed by atoms with E-state index in [0.717, 1.165) is 25.7 Å². The maximum absolute atomic E-state index is 6.07. The van der Waals surface area contributed by atoms with Crippen molar-refractivity contribution in [1.29, 1.82) is 0 Å². The first kappa shape index (κ1) is 12.0. The summed E-state index contributed by atoms with van der Waals surface area (Å²) < 4.78 is 0. The molecule has 0 amide bonds. The molecule has 0 aromatic heterocycles. The second-order valence-corrected chi connectivity index (χ2v) is 5.68. The molecule has 3 N–H and O–H groups in total. The van der Waals surface area contributed by atoms with E-state index >= 15 is 0 Å². The maximum Gasteiger partial charge on any atom is 0.0950 e. The minimum atomic E-state index is -0.425. The van der Waals surface area contributed by atoms with Crippen molar-refractivity contribution >= 4 is 7.85 Å². The minimum absolute atomic E-state index is 0.425. The van der Waals surface area contributed by atoms with E-state index in [1.807, 2.05) is 0 Å². The highest BCUT2D eigenvalue weighted by molar-refractivity contribution is 6.15. The van der Waals surface area contributed by atoms with Crippen molar-refractivity contribution in [2.45, 2.75) is 63.9 Å². The fourth-order valence-electron chi connectivity index (χ4n) is 3.19. The minimum Gasteiger partial charge on any atom is -0.385 e. The second kappa shape index (κ2) is 4.44. The molecule has 3 atom stereocenters. The predicted octanol–water partition coefficient (Wildman–Crippen LogP) is 2.05. The zero-order chi connectivity index (χ0) is 11.8. The van der Waals surface area contributed by atoms with E-state index in [9.17, 15) is 0 Å². The van der Waals surface area contributed by atoms with E-state index < -0.39 is 5.44 Å². The molecule has 2 nitrogen and oxygen atoms in total. The molecule has 0 bridgehead atoms. The molecular weight excluding hydrogens is 195 g/mol. The molecule has 1 heterocycles. The zero-order valence-electron chi connectivity index (χ0n) is 10.6. The van der Waals surface area contributed by atoms with Gasteiger partial charge in [0, 0.05) is 17.7 Å². The molecule has 2 rings (SSSR count). The first-order chi connectivity index (χ1) is 7.49. The Morgan fingerprint density at radius 2 is 1.88 bits per heavy atom. The van der Waals surface area contributed by atoms with Crippen molar-refractivity contribution in [1.82, 2.24) is 5.32 Å². The Morgan fingerprint density at radius 1 is 1.25 bits per heavy atom. The zero-order valence-corrected chi connectivity index (χ0v) is 10.6. The average Bonchev–Trinajstić information content (AvgIpc) is 2.48. The monoisotopic (exact) mass is 218 g/mol. The molecule has 0 saturated heterocycles. The first-order valence-electron chi connectivity index (χ1n) is 6.51. The molecule has 0 spiro atoms. The fourth-order valence-corrected chi connectivity index (χ4v) is 3.19. The Balaban J connectivity index is 2.05. The fraction of sp³-hybridized carbons (Fsp3) is 0.846. The summed E-state index contributed by atoms with van der Waals surface area (Å²) in [5, 5.41) is 3.63. The molecule has 88 valence electrons. The summed E-state index contributed by atoms with van der Waals surface area (Å²) in [6.45, 7) is 4.47. The van der Waals surface area contributed by atoms with Gasteiger partial charge in [0.25, 0.3) is 0 Å². The Kier molecular flexibility index (Phi) is 3.34. The van der Waals surface area contributed by atoms with Crippen LogP contribution < -0.4 is 11.1 Å². The Hall–Kier alpha value is -0.435. The van der Waals surface area contributed by atoms with Crippen LogP contribution in [0.3, 0.4) is 0 Å². The van der Waals surface area contributed by atoms with Crippen LogP contribution in [0.5, 0.6) is 0 Å². The van der Waals surface area contributed by atoms with Crippen molar-refractivity contribution in [3.63, 3.8) is 0 Å². The lowest BCUT2D eigenvalue weighted by molar-refractivity contribution is 0.409. The highest BCUT2D eigenvalue weighted by Gasteiger charge is 2.31. The smallest absolute Gasteiger partial charge is 0.0950 e. The van der Waals surface area contributed by atoms with Crippen LogP contribution in [-0.4, -0.2) is 19.3 Å². The normalized spacial score (nSPS) is 40.7. The van der Waals surface area contributed by atoms with Gasteiger partial charge in [-0.05, 0) is 50.5 Å². The standard InChI is InChI=1S/C13H23BN2/c1-9-10(2)16-12-6-4-8-13(14,15)7-3-5-11(9)12/h11-12,16H,3-8,15H2,1-2H3. The number of hydrogen-bond acceptors (Lipinski definition) is 2. The summed E-state index contributed by atoms with van der Waals surface area (Å²) in [5.74, 6) is 0.717. The molecule has 0 aromatic rings. The van der Waals surface area contributed by atoms with Gasteiger partial charge in [0.2, 0.25) is 0 Å². The first-order valence-corrected chi connectivity index (χ1v) is 6.51. The van der Waals surface area contributed by atoms with Crippen molar-refractivity contribution in [2.24, 2.45) is 11.7 Å². The molecule has 2 radical (unpaired) electrons. The number of hydrogen-bond donors (Lipinski definition) is 2. The van der Waals surface area contributed by atoms with Gasteiger partial charge in [0.1, 0.15) is 0 Å². The third kappa shape index (κ3) is 2.45. The molecule has 1 aliphatic carbocycles. The van der Waals surface area contributed by atoms with Gasteiger partial charge in [-0.25, -0.2) is 0 Å². The van der Waals surface area contributed by atoms with E-state index in [1.54, 1.807) is 5.57 Å². The van der Waals surface area contributed by atoms with Crippen LogP contribution in [0.2, 0.25) is 0 Å². The van der Waals surface area contributed by atoms with Crippen LogP contribution in [0.15, 0.2) is 11.3 Å². The summed E-state index contributed by atoms with van der Waals surface area (Å²) in [6, 6.07) is 0.633. The van der Waals surface area contributed by atoms with Gasteiger partial charge in [-0.3, -0.25) is 0 Å². The summed E-state index contributed by atoms with van der Waals surface area (Å²) in [7, 11) is 6.07. The third-order valence-electron chi connectivity index (χ3n) is 4.35. The predicted molar refractivity (Wildman–Crippen MR) is 69.2 cm³/mol. The van der Waals surface area contributed by atoms with Gasteiger partial charge in [-0.2, -0.15) is 0 Å². The van der Waals surface area contributed by atoms with Crippen molar-refractivity contribution < 1.29 is 0 Å². The van der Waals surface area contributed by atoms with Gasteiger partial charge in [0.05, 0.1) is 7.85 Å². The molecular formula is C13H23BN2. The van der Waals surface area contributed by atoms with Gasteiger partial charge in [0.15, 0.2) is 0 Å². The molecule has 1 saturated carbocycles. The third-order valence-corrected chi connectivity index (χ3v) is 4.35. The molecule has 2 aliphatic rings. The highest BCUT2D eigenvalue weighted by Crippen LogP contribution is 2.34. The molecule has 3 unspecified atom stereocenters. The number of allylic oxidation sites excluding steroid dienone is 1. The summed E-state index contributed by atoms with van der Waals surface area (Å²) in [6.07, 6.45) is 6.65. The van der Waals surface area contributed by atoms with Gasteiger partial charge < -0.3 is 11.1 Å². The van der Waals surface area contributed by atoms with E-state index in [1.165, 1.54) is 18.5 Å². The summed E-state index contributed by atoms with van der Waals surface area (Å²) >= 11 is 0. The van der Waals surface area contributed by atoms with Crippen LogP contribution in [0, 0.1) is 5.92 Å². The van der Waals surface area contributed by atoms with Gasteiger partial charge in [-0.15, -0.1) is 0 Å². The highest BCUT2D eigenvalue weighted by atomic mass is 15.0. The largest absolute Gasteiger partial charge is 0.385 e. The molecule has 1 fully saturated rings. The van der Waals surface area contributed by atoms with Crippen LogP contribution in [-0.2, 0) is 0 Å². The average molecular weight is 218 g/mol. The lowest BCUT2D eigenvalue weighted by Crippen LogP contribution is -2.40. The van der Waals surface area contributed by atoms with E-state index in [4.69, 9.17) is 13.6 Å². The number of nitrogens with one attached hydrogen (secondary N) is 1. The second-order valence-electron chi connectivity index (χ2n) is 5.68. The molecule has 1 aliphatic heterocycles. The topological polar surface area (TPSA) is 38.0 Å². The Bertz CT molecular complexity index is 296. The number of fused-ring (bicyclic) bond motifs is 1. The lowest BCUT2D eigenvalue weighted by atomic mass is 9.72. The van der Waals surface area contributed by atoms with E-state index in [2.05, 4.69) is 19.2 Å². The van der Waals surface area contributed by atoms with Crippen LogP contribution in [0.4, 0.5) is 0 Å². The van der Waals surface area contributed by atoms with Crippen LogP contribution >= 0.6 is 0 Å². The van der Waals surface area contributed by atoms with E-state index in [0.29, 0.717) is 12.0 Å². The lowest BCUT2D eigenvalue weighted by Gasteiger charge is -2.24. The van der Waals surface area contributed by atoms with Crippen molar-refractivity contribution in [3.8, 4) is 0 Å². The summed E-state index contributed by atoms with van der Waals surface area (Å²) in [4.78, 5) is 0. The molecule has 0 aromatic carbocycles. The molecule has 16 heavy (non-hydrogen) atoms. The van der Waals surface area contributed by atoms with Crippen LogP contribution in [0.25, 0.3) is 0 Å². The summed E-state index contributed by atoms with van der Waals surface area (Å²) in [5.41, 5.74) is 8.59. The number of nitrogens with two attached hydrogens (primary N) is 1. The maximum atomic E-state index is 6.07. The molecule has 3 heteroatoms. The Labute approximate surface area is 100 Å². The van der Waals surface area contributed by atoms with Crippen molar-refractivity contribution in [2.75, 3.05) is 0 Å². The SMILES string of the molecule is [B]C1(N)CCCC2NC(C)=C(C)C2CCC1. The van der Waals surface area contributed by atoms with Crippen LogP contribution in [0.1, 0.15) is 52.4 Å².